The van der Waals surface area contributed by atoms with Crippen LogP contribution in [0.2, 0.25) is 0 Å². The molecule has 0 saturated carbocycles. The summed E-state index contributed by atoms with van der Waals surface area (Å²) < 4.78 is 4.36. The number of aromatic nitrogens is 6. The van der Waals surface area contributed by atoms with Crippen LogP contribution in [0.5, 0.6) is 0 Å². The number of fused-ring (bicyclic) bond motifs is 2. The minimum atomic E-state index is -0.470. The fourth-order valence-corrected chi connectivity index (χ4v) is 4.47. The molecule has 10 heteroatoms. The lowest BCUT2D eigenvalue weighted by molar-refractivity contribution is 0.496. The summed E-state index contributed by atoms with van der Waals surface area (Å²) in [4.78, 5) is 42.5. The number of aryl methyl sites for hydroxylation is 1. The average Bonchev–Trinajstić information content (AvgIpc) is 3.23. The number of anilines is 1. The average molecular weight is 459 g/mol. The van der Waals surface area contributed by atoms with Crippen molar-refractivity contribution in [1.82, 2.24) is 28.7 Å². The molecule has 1 saturated heterocycles. The SMILES string of the molecule is CC#CCn1c(N2CCC[C@H](N)C2)nc2c1c(=O)n(Cc1ncc3ccccc3n1)c(=O)n2C. The van der Waals surface area contributed by atoms with E-state index < -0.39 is 11.2 Å². The van der Waals surface area contributed by atoms with E-state index in [1.54, 1.807) is 24.7 Å². The topological polar surface area (TPSA) is 117 Å². The molecule has 2 N–H and O–H groups in total. The van der Waals surface area contributed by atoms with Gasteiger partial charge in [-0.25, -0.2) is 14.8 Å². The molecule has 5 rings (SSSR count). The van der Waals surface area contributed by atoms with E-state index in [4.69, 9.17) is 10.7 Å². The molecule has 10 nitrogen and oxygen atoms in total. The van der Waals surface area contributed by atoms with Crippen molar-refractivity contribution in [1.29, 1.82) is 0 Å². The van der Waals surface area contributed by atoms with Gasteiger partial charge in [-0.1, -0.05) is 24.1 Å². The zero-order valence-corrected chi connectivity index (χ0v) is 19.2. The summed E-state index contributed by atoms with van der Waals surface area (Å²) in [5.74, 6) is 6.92. The van der Waals surface area contributed by atoms with Crippen LogP contribution in [0, 0.1) is 11.8 Å². The Balaban J connectivity index is 1.68. The number of hydrogen-bond acceptors (Lipinski definition) is 7. The highest BCUT2D eigenvalue weighted by Crippen LogP contribution is 2.23. The van der Waals surface area contributed by atoms with Crippen molar-refractivity contribution in [2.45, 2.75) is 38.9 Å². The number of rotatable bonds is 4. The first kappa shape index (κ1) is 21.9. The maximum atomic E-state index is 13.7. The van der Waals surface area contributed by atoms with Crippen molar-refractivity contribution >= 4 is 28.0 Å². The third kappa shape index (κ3) is 3.74. The van der Waals surface area contributed by atoms with Gasteiger partial charge in [-0.2, -0.15) is 4.98 Å². The highest BCUT2D eigenvalue weighted by molar-refractivity contribution is 5.77. The Hall–Kier alpha value is -3.97. The second-order valence-corrected chi connectivity index (χ2v) is 8.52. The van der Waals surface area contributed by atoms with Gasteiger partial charge in [-0.05, 0) is 25.8 Å². The van der Waals surface area contributed by atoms with Crippen LogP contribution in [-0.4, -0.2) is 47.8 Å². The van der Waals surface area contributed by atoms with Gasteiger partial charge in [0.2, 0.25) is 5.95 Å². The van der Waals surface area contributed by atoms with Crippen LogP contribution in [0.15, 0.2) is 40.1 Å². The molecule has 0 aliphatic carbocycles. The number of para-hydroxylation sites is 1. The van der Waals surface area contributed by atoms with E-state index in [1.807, 2.05) is 24.3 Å². The maximum Gasteiger partial charge on any atom is 0.332 e. The lowest BCUT2D eigenvalue weighted by Gasteiger charge is -2.31. The fourth-order valence-electron chi connectivity index (χ4n) is 4.47. The molecule has 34 heavy (non-hydrogen) atoms. The molecule has 0 amide bonds. The number of nitrogens with zero attached hydrogens (tertiary/aromatic N) is 7. The molecule has 0 bridgehead atoms. The van der Waals surface area contributed by atoms with E-state index in [0.29, 0.717) is 29.5 Å². The Morgan fingerprint density at radius 3 is 2.79 bits per heavy atom. The summed E-state index contributed by atoms with van der Waals surface area (Å²) in [6, 6.07) is 7.62. The second-order valence-electron chi connectivity index (χ2n) is 8.52. The lowest BCUT2D eigenvalue weighted by atomic mass is 10.1. The molecule has 0 unspecified atom stereocenters. The summed E-state index contributed by atoms with van der Waals surface area (Å²) in [6.45, 7) is 3.41. The van der Waals surface area contributed by atoms with E-state index in [1.165, 1.54) is 4.57 Å². The van der Waals surface area contributed by atoms with Crippen molar-refractivity contribution in [3.05, 3.63) is 57.1 Å². The van der Waals surface area contributed by atoms with Crippen LogP contribution in [0.3, 0.4) is 0 Å². The highest BCUT2D eigenvalue weighted by Gasteiger charge is 2.26. The Bertz CT molecular complexity index is 1570. The summed E-state index contributed by atoms with van der Waals surface area (Å²) in [5, 5.41) is 0.891. The molecule has 1 aliphatic rings. The van der Waals surface area contributed by atoms with E-state index in [9.17, 15) is 9.59 Å². The van der Waals surface area contributed by atoms with Crippen LogP contribution in [0.4, 0.5) is 5.95 Å². The van der Waals surface area contributed by atoms with E-state index in [2.05, 4.69) is 26.7 Å². The molecule has 4 heterocycles. The lowest BCUT2D eigenvalue weighted by Crippen LogP contribution is -2.44. The van der Waals surface area contributed by atoms with Gasteiger partial charge in [0.15, 0.2) is 11.2 Å². The van der Waals surface area contributed by atoms with Crippen molar-refractivity contribution in [2.75, 3.05) is 18.0 Å². The normalized spacial score (nSPS) is 16.1. The molecular formula is C24H26N8O2. The monoisotopic (exact) mass is 458 g/mol. The maximum absolute atomic E-state index is 13.7. The van der Waals surface area contributed by atoms with Crippen LogP contribution < -0.4 is 21.9 Å². The van der Waals surface area contributed by atoms with Crippen molar-refractivity contribution in [3.63, 3.8) is 0 Å². The van der Waals surface area contributed by atoms with Gasteiger partial charge >= 0.3 is 5.69 Å². The van der Waals surface area contributed by atoms with Gasteiger partial charge < -0.3 is 10.6 Å². The number of hydrogen-bond donors (Lipinski definition) is 1. The van der Waals surface area contributed by atoms with Crippen LogP contribution in [0.25, 0.3) is 22.1 Å². The minimum absolute atomic E-state index is 0.0322. The first-order valence-corrected chi connectivity index (χ1v) is 11.3. The smallest absolute Gasteiger partial charge is 0.332 e. The second kappa shape index (κ2) is 8.76. The number of benzene rings is 1. The van der Waals surface area contributed by atoms with Crippen LogP contribution in [-0.2, 0) is 20.1 Å². The molecule has 1 aromatic carbocycles. The first-order chi connectivity index (χ1) is 16.5. The summed E-state index contributed by atoms with van der Waals surface area (Å²) >= 11 is 0. The number of piperidine rings is 1. The molecule has 1 atom stereocenters. The van der Waals surface area contributed by atoms with Gasteiger partial charge in [-0.3, -0.25) is 18.5 Å². The fraction of sp³-hybridized carbons (Fsp3) is 0.375. The molecule has 4 aromatic rings. The van der Waals surface area contributed by atoms with Gasteiger partial charge in [0, 0.05) is 37.8 Å². The minimum Gasteiger partial charge on any atom is -0.341 e. The van der Waals surface area contributed by atoms with Gasteiger partial charge in [-0.15, -0.1) is 5.92 Å². The van der Waals surface area contributed by atoms with Gasteiger partial charge in [0.1, 0.15) is 5.82 Å². The standard InChI is InChI=1S/C24H26N8O2/c1-3-4-12-31-20-21(28-23(31)30-11-7-9-17(25)14-30)29(2)24(34)32(22(20)33)15-19-26-13-16-8-5-6-10-18(16)27-19/h5-6,8,10,13,17H,7,9,11-12,14-15,25H2,1-2H3/t17-/m0/s1. The Labute approximate surface area is 195 Å². The van der Waals surface area contributed by atoms with Crippen LogP contribution in [0.1, 0.15) is 25.6 Å². The summed E-state index contributed by atoms with van der Waals surface area (Å²) in [6.07, 6.45) is 3.58. The summed E-state index contributed by atoms with van der Waals surface area (Å²) in [7, 11) is 1.62. The summed E-state index contributed by atoms with van der Waals surface area (Å²) in [5.41, 5.74) is 6.71. The number of imidazole rings is 1. The Morgan fingerprint density at radius 2 is 2.00 bits per heavy atom. The predicted molar refractivity (Wildman–Crippen MR) is 131 cm³/mol. The molecule has 1 fully saturated rings. The van der Waals surface area contributed by atoms with Gasteiger partial charge in [0.05, 0.1) is 18.6 Å². The van der Waals surface area contributed by atoms with E-state index in [0.717, 1.165) is 34.9 Å². The molecule has 3 aromatic heterocycles. The molecule has 0 spiro atoms. The van der Waals surface area contributed by atoms with Crippen molar-refractivity contribution < 1.29 is 0 Å². The number of nitrogens with two attached hydrogens (primary N) is 1. The molecule has 1 aliphatic heterocycles. The highest BCUT2D eigenvalue weighted by atomic mass is 16.2. The van der Waals surface area contributed by atoms with E-state index >= 15 is 0 Å². The molecule has 0 radical (unpaired) electrons. The zero-order valence-electron chi connectivity index (χ0n) is 19.2. The van der Waals surface area contributed by atoms with Gasteiger partial charge in [0.25, 0.3) is 5.56 Å². The van der Waals surface area contributed by atoms with E-state index in [-0.39, 0.29) is 19.1 Å². The first-order valence-electron chi connectivity index (χ1n) is 11.3. The van der Waals surface area contributed by atoms with Crippen LogP contribution >= 0.6 is 0 Å². The third-order valence-corrected chi connectivity index (χ3v) is 6.21. The third-order valence-electron chi connectivity index (χ3n) is 6.21. The predicted octanol–water partition coefficient (Wildman–Crippen LogP) is 0.839. The molecular weight excluding hydrogens is 432 g/mol. The quantitative estimate of drug-likeness (QED) is 0.450. The molecule has 174 valence electrons. The zero-order chi connectivity index (χ0) is 23.8. The Morgan fingerprint density at radius 1 is 1.18 bits per heavy atom. The Kier molecular flexibility index (Phi) is 5.63. The largest absolute Gasteiger partial charge is 0.341 e. The van der Waals surface area contributed by atoms with Crippen molar-refractivity contribution in [2.24, 2.45) is 12.8 Å². The van der Waals surface area contributed by atoms with Crippen molar-refractivity contribution in [3.8, 4) is 11.8 Å².